The molecule has 0 atom stereocenters. The van der Waals surface area contributed by atoms with E-state index in [-0.39, 0.29) is 11.9 Å². The Morgan fingerprint density at radius 1 is 1.57 bits per heavy atom. The maximum atomic E-state index is 11.2. The van der Waals surface area contributed by atoms with Crippen molar-refractivity contribution in [2.75, 3.05) is 6.61 Å². The summed E-state index contributed by atoms with van der Waals surface area (Å²) in [5, 5.41) is 0. The molecule has 0 N–H and O–H groups in total. The minimum atomic E-state index is -0.638. The number of esters is 1. The molecular formula is C9H13NO4. The van der Waals surface area contributed by atoms with Gasteiger partial charge in [0.2, 0.25) is 11.8 Å². The molecule has 0 fully saturated rings. The summed E-state index contributed by atoms with van der Waals surface area (Å²) in [6.07, 6.45) is 2.02. The molecule has 0 aliphatic rings. The molecule has 0 unspecified atom stereocenters. The lowest BCUT2D eigenvalue weighted by atomic mass is 10.4. The number of aliphatic imine (C=N–C) groups is 1. The second-order valence-corrected chi connectivity index (χ2v) is 2.60. The first-order valence-corrected chi connectivity index (χ1v) is 4.22. The van der Waals surface area contributed by atoms with Crippen LogP contribution in [0.15, 0.2) is 17.0 Å². The summed E-state index contributed by atoms with van der Waals surface area (Å²) >= 11 is 0. The van der Waals surface area contributed by atoms with Crippen molar-refractivity contribution in [1.82, 2.24) is 0 Å². The summed E-state index contributed by atoms with van der Waals surface area (Å²) in [4.78, 5) is 24.2. The molecule has 0 aromatic heterocycles. The van der Waals surface area contributed by atoms with Gasteiger partial charge in [-0.25, -0.2) is 9.59 Å². The Balaban J connectivity index is 4.48. The highest BCUT2D eigenvalue weighted by molar-refractivity contribution is 5.86. The van der Waals surface area contributed by atoms with E-state index in [0.29, 0.717) is 6.61 Å². The molecule has 14 heavy (non-hydrogen) atoms. The molecule has 5 heteroatoms. The topological polar surface area (TPSA) is 65.0 Å². The number of hydrogen-bond donors (Lipinski definition) is 0. The van der Waals surface area contributed by atoms with E-state index in [1.54, 1.807) is 20.8 Å². The van der Waals surface area contributed by atoms with Crippen LogP contribution in [0.3, 0.4) is 0 Å². The van der Waals surface area contributed by atoms with E-state index in [4.69, 9.17) is 9.47 Å². The number of rotatable bonds is 5. The van der Waals surface area contributed by atoms with Crippen molar-refractivity contribution >= 4 is 12.0 Å². The van der Waals surface area contributed by atoms with Crippen molar-refractivity contribution < 1.29 is 19.1 Å². The average molecular weight is 199 g/mol. The summed E-state index contributed by atoms with van der Waals surface area (Å²) in [6, 6.07) is 0. The Bertz CT molecular complexity index is 264. The molecular weight excluding hydrogens is 186 g/mol. The second kappa shape index (κ2) is 6.86. The van der Waals surface area contributed by atoms with Gasteiger partial charge in [-0.2, -0.15) is 4.99 Å². The van der Waals surface area contributed by atoms with Gasteiger partial charge in [0, 0.05) is 0 Å². The van der Waals surface area contributed by atoms with Gasteiger partial charge in [0.15, 0.2) is 0 Å². The smallest absolute Gasteiger partial charge is 0.375 e. The maximum absolute atomic E-state index is 11.2. The van der Waals surface area contributed by atoms with E-state index in [0.717, 1.165) is 6.20 Å². The van der Waals surface area contributed by atoms with E-state index in [1.165, 1.54) is 6.08 Å². The van der Waals surface area contributed by atoms with Crippen molar-refractivity contribution in [3.63, 3.8) is 0 Å². The minimum Gasteiger partial charge on any atom is -0.486 e. The lowest BCUT2D eigenvalue weighted by molar-refractivity contribution is -0.146. The normalized spacial score (nSPS) is 10.7. The first kappa shape index (κ1) is 12.4. The molecule has 78 valence electrons. The Labute approximate surface area is 82.4 Å². The highest BCUT2D eigenvalue weighted by Crippen LogP contribution is 2.03. The number of nitrogens with zero attached hydrogens (tertiary/aromatic N) is 1. The third-order valence-corrected chi connectivity index (χ3v) is 1.08. The standard InChI is InChI=1S/C9H13NO4/c1-4-13-8(5-10-6-11)9(12)14-7(2)3/h5,7H,4H2,1-3H3. The van der Waals surface area contributed by atoms with Crippen LogP contribution >= 0.6 is 0 Å². The van der Waals surface area contributed by atoms with Crippen molar-refractivity contribution in [3.05, 3.63) is 12.0 Å². The molecule has 0 spiro atoms. The van der Waals surface area contributed by atoms with Crippen LogP contribution < -0.4 is 0 Å². The number of hydrogen-bond acceptors (Lipinski definition) is 5. The summed E-state index contributed by atoms with van der Waals surface area (Å²) in [5.41, 5.74) is 0. The van der Waals surface area contributed by atoms with E-state index in [9.17, 15) is 9.59 Å². The Morgan fingerprint density at radius 3 is 2.64 bits per heavy atom. The fraction of sp³-hybridized carbons (Fsp3) is 0.556. The summed E-state index contributed by atoms with van der Waals surface area (Å²) in [5.74, 6) is -0.731. The quantitative estimate of drug-likeness (QED) is 0.219. The van der Waals surface area contributed by atoms with Gasteiger partial charge in [-0.1, -0.05) is 0 Å². The van der Waals surface area contributed by atoms with Gasteiger partial charge in [0.1, 0.15) is 0 Å². The molecule has 0 aromatic carbocycles. The Morgan fingerprint density at radius 2 is 2.21 bits per heavy atom. The van der Waals surface area contributed by atoms with Crippen molar-refractivity contribution in [1.29, 1.82) is 0 Å². The number of ether oxygens (including phenoxy) is 2. The summed E-state index contributed by atoms with van der Waals surface area (Å²) in [7, 11) is 0. The fourth-order valence-corrected chi connectivity index (χ4v) is 0.662. The minimum absolute atomic E-state index is 0.0930. The maximum Gasteiger partial charge on any atom is 0.375 e. The molecule has 0 aliphatic heterocycles. The predicted molar refractivity (Wildman–Crippen MR) is 49.1 cm³/mol. The van der Waals surface area contributed by atoms with Crippen LogP contribution in [0.5, 0.6) is 0 Å². The van der Waals surface area contributed by atoms with Crippen LogP contribution in [0.2, 0.25) is 0 Å². The molecule has 0 amide bonds. The Kier molecular flexibility index (Phi) is 6.07. The van der Waals surface area contributed by atoms with Crippen LogP contribution in [-0.2, 0) is 19.1 Å². The molecule has 0 aromatic rings. The van der Waals surface area contributed by atoms with Crippen molar-refractivity contribution in [3.8, 4) is 0 Å². The highest BCUT2D eigenvalue weighted by Gasteiger charge is 2.13. The predicted octanol–water partition coefficient (Wildman–Crippen LogP) is 1.15. The van der Waals surface area contributed by atoms with Gasteiger partial charge in [0.05, 0.1) is 18.9 Å². The zero-order valence-electron chi connectivity index (χ0n) is 8.44. The van der Waals surface area contributed by atoms with Crippen molar-refractivity contribution in [2.45, 2.75) is 26.9 Å². The first-order valence-electron chi connectivity index (χ1n) is 4.22. The number of carbonyl (C=O) groups excluding carboxylic acids is 2. The average Bonchev–Trinajstić information content (AvgIpc) is 2.10. The van der Waals surface area contributed by atoms with E-state index >= 15 is 0 Å². The van der Waals surface area contributed by atoms with Gasteiger partial charge in [-0.05, 0) is 20.8 Å². The van der Waals surface area contributed by atoms with Gasteiger partial charge < -0.3 is 9.47 Å². The zero-order valence-corrected chi connectivity index (χ0v) is 8.44. The van der Waals surface area contributed by atoms with Gasteiger partial charge in [-0.15, -0.1) is 0 Å². The molecule has 5 nitrogen and oxygen atoms in total. The lowest BCUT2D eigenvalue weighted by Gasteiger charge is -2.09. The molecule has 0 aliphatic carbocycles. The first-order chi connectivity index (χ1) is 6.61. The van der Waals surface area contributed by atoms with Crippen LogP contribution in [-0.4, -0.2) is 24.8 Å². The van der Waals surface area contributed by atoms with E-state index in [1.807, 2.05) is 0 Å². The molecule has 0 heterocycles. The molecule has 0 saturated heterocycles. The zero-order chi connectivity index (χ0) is 11.0. The number of isocyanates is 1. The summed E-state index contributed by atoms with van der Waals surface area (Å²) < 4.78 is 9.76. The molecule has 0 rings (SSSR count). The van der Waals surface area contributed by atoms with Crippen LogP contribution in [0.25, 0.3) is 0 Å². The number of carbonyl (C=O) groups is 1. The van der Waals surface area contributed by atoms with Gasteiger partial charge in [0.25, 0.3) is 0 Å². The lowest BCUT2D eigenvalue weighted by Crippen LogP contribution is -2.15. The van der Waals surface area contributed by atoms with Gasteiger partial charge >= 0.3 is 5.97 Å². The van der Waals surface area contributed by atoms with Crippen LogP contribution in [0.1, 0.15) is 20.8 Å². The van der Waals surface area contributed by atoms with E-state index < -0.39 is 5.97 Å². The monoisotopic (exact) mass is 199 g/mol. The largest absolute Gasteiger partial charge is 0.486 e. The molecule has 0 radical (unpaired) electrons. The van der Waals surface area contributed by atoms with Gasteiger partial charge in [-0.3, -0.25) is 0 Å². The fourth-order valence-electron chi connectivity index (χ4n) is 0.662. The van der Waals surface area contributed by atoms with Crippen LogP contribution in [0, 0.1) is 0 Å². The third-order valence-electron chi connectivity index (χ3n) is 1.08. The second-order valence-electron chi connectivity index (χ2n) is 2.60. The van der Waals surface area contributed by atoms with Crippen LogP contribution in [0.4, 0.5) is 0 Å². The summed E-state index contributed by atoms with van der Waals surface area (Å²) in [6.45, 7) is 5.43. The molecule has 0 bridgehead atoms. The SMILES string of the molecule is CCOC(=CN=C=O)C(=O)OC(C)C. The van der Waals surface area contributed by atoms with E-state index in [2.05, 4.69) is 4.99 Å². The Hall–Kier alpha value is -1.61. The van der Waals surface area contributed by atoms with Crippen molar-refractivity contribution in [2.24, 2.45) is 4.99 Å². The highest BCUT2D eigenvalue weighted by atomic mass is 16.6. The third kappa shape index (κ3) is 5.11. The molecule has 0 saturated carbocycles.